The average molecular weight is 229 g/mol. The van der Waals surface area contributed by atoms with Crippen LogP contribution in [0.5, 0.6) is 0 Å². The lowest BCUT2D eigenvalue weighted by atomic mass is 10.0. The largest absolute Gasteiger partial charge is 0.481 e. The van der Waals surface area contributed by atoms with Gasteiger partial charge in [-0.1, -0.05) is 0 Å². The zero-order chi connectivity index (χ0) is 12.3. The van der Waals surface area contributed by atoms with E-state index in [1.54, 1.807) is 14.0 Å². The molecule has 1 aliphatic carbocycles. The van der Waals surface area contributed by atoms with E-state index < -0.39 is 12.1 Å². The molecule has 1 fully saturated rings. The molecule has 0 spiro atoms. The average Bonchev–Trinajstić information content (AvgIpc) is 2.64. The molecule has 5 heteroatoms. The molecule has 0 saturated heterocycles. The van der Waals surface area contributed by atoms with Crippen LogP contribution in [-0.4, -0.2) is 46.7 Å². The second-order valence-electron chi connectivity index (χ2n) is 4.61. The summed E-state index contributed by atoms with van der Waals surface area (Å²) in [7, 11) is 1.64. The molecule has 1 saturated carbocycles. The van der Waals surface area contributed by atoms with Gasteiger partial charge in [0, 0.05) is 19.5 Å². The van der Waals surface area contributed by atoms with Crippen molar-refractivity contribution in [2.24, 2.45) is 11.8 Å². The Morgan fingerprint density at radius 3 is 2.38 bits per heavy atom. The van der Waals surface area contributed by atoms with Gasteiger partial charge in [-0.2, -0.15) is 0 Å². The van der Waals surface area contributed by atoms with E-state index in [-0.39, 0.29) is 17.7 Å². The standard InChI is InChI=1S/C11H19NO4/c1-7(13)6-12(2)10(14)8-3-4-9(5-8)11(15)16/h7-9,13H,3-6H2,1-2H3,(H,15,16). The minimum Gasteiger partial charge on any atom is -0.481 e. The minimum absolute atomic E-state index is 0.0512. The summed E-state index contributed by atoms with van der Waals surface area (Å²) in [6.45, 7) is 1.92. The maximum absolute atomic E-state index is 11.9. The van der Waals surface area contributed by atoms with Crippen molar-refractivity contribution >= 4 is 11.9 Å². The van der Waals surface area contributed by atoms with E-state index in [9.17, 15) is 9.59 Å². The summed E-state index contributed by atoms with van der Waals surface area (Å²) in [6, 6.07) is 0. The van der Waals surface area contributed by atoms with Gasteiger partial charge in [-0.3, -0.25) is 9.59 Å². The number of aliphatic hydroxyl groups excluding tert-OH is 1. The minimum atomic E-state index is -0.812. The molecule has 0 bridgehead atoms. The van der Waals surface area contributed by atoms with Crippen molar-refractivity contribution in [2.75, 3.05) is 13.6 Å². The number of nitrogens with zero attached hydrogens (tertiary/aromatic N) is 1. The van der Waals surface area contributed by atoms with Crippen LogP contribution in [0.2, 0.25) is 0 Å². The van der Waals surface area contributed by atoms with E-state index in [1.165, 1.54) is 4.90 Å². The van der Waals surface area contributed by atoms with Gasteiger partial charge in [0.2, 0.25) is 5.91 Å². The van der Waals surface area contributed by atoms with Crippen LogP contribution in [0.4, 0.5) is 0 Å². The van der Waals surface area contributed by atoms with Crippen molar-refractivity contribution in [3.8, 4) is 0 Å². The Morgan fingerprint density at radius 2 is 1.94 bits per heavy atom. The molecular formula is C11H19NO4. The number of hydrogen-bond donors (Lipinski definition) is 2. The van der Waals surface area contributed by atoms with Crippen LogP contribution >= 0.6 is 0 Å². The van der Waals surface area contributed by atoms with Crippen LogP contribution in [0.3, 0.4) is 0 Å². The lowest BCUT2D eigenvalue weighted by molar-refractivity contribution is -0.141. The fourth-order valence-corrected chi connectivity index (χ4v) is 2.23. The fraction of sp³-hybridized carbons (Fsp3) is 0.818. The number of carbonyl (C=O) groups is 2. The van der Waals surface area contributed by atoms with Crippen LogP contribution in [0.25, 0.3) is 0 Å². The van der Waals surface area contributed by atoms with E-state index >= 15 is 0 Å². The molecule has 1 amide bonds. The number of hydrogen-bond acceptors (Lipinski definition) is 3. The molecule has 0 heterocycles. The van der Waals surface area contributed by atoms with E-state index in [0.29, 0.717) is 25.8 Å². The lowest BCUT2D eigenvalue weighted by Gasteiger charge is -2.22. The quantitative estimate of drug-likeness (QED) is 0.728. The van der Waals surface area contributed by atoms with Gasteiger partial charge in [0.1, 0.15) is 0 Å². The van der Waals surface area contributed by atoms with Crippen molar-refractivity contribution < 1.29 is 19.8 Å². The highest BCUT2D eigenvalue weighted by Gasteiger charge is 2.35. The molecule has 5 nitrogen and oxygen atoms in total. The Morgan fingerprint density at radius 1 is 1.38 bits per heavy atom. The van der Waals surface area contributed by atoms with Crippen LogP contribution in [-0.2, 0) is 9.59 Å². The Kier molecular flexibility index (Phi) is 4.29. The third-order valence-corrected chi connectivity index (χ3v) is 3.05. The number of aliphatic carboxylic acids is 1. The van der Waals surface area contributed by atoms with Gasteiger partial charge in [-0.05, 0) is 26.2 Å². The number of aliphatic hydroxyl groups is 1. The normalized spacial score (nSPS) is 26.4. The molecular weight excluding hydrogens is 210 g/mol. The molecule has 2 N–H and O–H groups in total. The van der Waals surface area contributed by atoms with Crippen LogP contribution in [0.1, 0.15) is 26.2 Å². The predicted molar refractivity (Wildman–Crippen MR) is 57.8 cm³/mol. The van der Waals surface area contributed by atoms with Gasteiger partial charge >= 0.3 is 5.97 Å². The first-order chi connectivity index (χ1) is 7.41. The zero-order valence-electron chi connectivity index (χ0n) is 9.72. The second kappa shape index (κ2) is 5.30. The van der Waals surface area contributed by atoms with Gasteiger partial charge in [-0.15, -0.1) is 0 Å². The van der Waals surface area contributed by atoms with Gasteiger partial charge < -0.3 is 15.1 Å². The van der Waals surface area contributed by atoms with E-state index in [0.717, 1.165) is 0 Å². The second-order valence-corrected chi connectivity index (χ2v) is 4.61. The van der Waals surface area contributed by atoms with Crippen LogP contribution < -0.4 is 0 Å². The van der Waals surface area contributed by atoms with E-state index in [1.807, 2.05) is 0 Å². The highest BCUT2D eigenvalue weighted by atomic mass is 16.4. The molecule has 0 aromatic heterocycles. The summed E-state index contributed by atoms with van der Waals surface area (Å²) in [6.07, 6.45) is 1.10. The molecule has 0 radical (unpaired) electrons. The fourth-order valence-electron chi connectivity index (χ4n) is 2.23. The Hall–Kier alpha value is -1.10. The molecule has 0 aromatic rings. The summed E-state index contributed by atoms with van der Waals surface area (Å²) in [4.78, 5) is 24.1. The number of rotatable bonds is 4. The number of likely N-dealkylation sites (N-methyl/N-ethyl adjacent to an activating group) is 1. The van der Waals surface area contributed by atoms with Gasteiger partial charge in [0.05, 0.1) is 12.0 Å². The first kappa shape index (κ1) is 13.0. The Bertz CT molecular complexity index is 277. The topological polar surface area (TPSA) is 77.8 Å². The highest BCUT2D eigenvalue weighted by Crippen LogP contribution is 2.32. The Labute approximate surface area is 95.1 Å². The van der Waals surface area contributed by atoms with Crippen molar-refractivity contribution in [2.45, 2.75) is 32.3 Å². The maximum atomic E-state index is 11.9. The first-order valence-electron chi connectivity index (χ1n) is 5.57. The van der Waals surface area contributed by atoms with E-state index in [2.05, 4.69) is 0 Å². The predicted octanol–water partition coefficient (Wildman–Crippen LogP) is 0.326. The lowest BCUT2D eigenvalue weighted by Crippen LogP contribution is -2.36. The monoisotopic (exact) mass is 229 g/mol. The zero-order valence-corrected chi connectivity index (χ0v) is 9.72. The number of carboxylic acid groups (broad SMARTS) is 1. The molecule has 0 aromatic carbocycles. The molecule has 0 aliphatic heterocycles. The van der Waals surface area contributed by atoms with Crippen molar-refractivity contribution in [3.05, 3.63) is 0 Å². The summed E-state index contributed by atoms with van der Waals surface area (Å²) < 4.78 is 0. The van der Waals surface area contributed by atoms with Gasteiger partial charge in [0.25, 0.3) is 0 Å². The smallest absolute Gasteiger partial charge is 0.306 e. The molecule has 1 rings (SSSR count). The third kappa shape index (κ3) is 3.20. The first-order valence-corrected chi connectivity index (χ1v) is 5.57. The number of amides is 1. The highest BCUT2D eigenvalue weighted by molar-refractivity contribution is 5.80. The molecule has 92 valence electrons. The maximum Gasteiger partial charge on any atom is 0.306 e. The molecule has 16 heavy (non-hydrogen) atoms. The third-order valence-electron chi connectivity index (χ3n) is 3.05. The van der Waals surface area contributed by atoms with Crippen LogP contribution in [0.15, 0.2) is 0 Å². The number of carbonyl (C=O) groups excluding carboxylic acids is 1. The summed E-state index contributed by atoms with van der Waals surface area (Å²) in [5.74, 6) is -1.43. The Balaban J connectivity index is 2.47. The molecule has 1 aliphatic rings. The van der Waals surface area contributed by atoms with Crippen molar-refractivity contribution in [1.29, 1.82) is 0 Å². The molecule has 3 unspecified atom stereocenters. The van der Waals surface area contributed by atoms with Crippen LogP contribution in [0, 0.1) is 11.8 Å². The van der Waals surface area contributed by atoms with Gasteiger partial charge in [-0.25, -0.2) is 0 Å². The summed E-state index contributed by atoms with van der Waals surface area (Å²) >= 11 is 0. The van der Waals surface area contributed by atoms with Gasteiger partial charge in [0.15, 0.2) is 0 Å². The summed E-state index contributed by atoms with van der Waals surface area (Å²) in [5, 5.41) is 18.0. The van der Waals surface area contributed by atoms with Crippen molar-refractivity contribution in [3.63, 3.8) is 0 Å². The van der Waals surface area contributed by atoms with Crippen molar-refractivity contribution in [1.82, 2.24) is 4.90 Å². The SMILES string of the molecule is CC(O)CN(C)C(=O)C1CCC(C(=O)O)C1. The molecule has 3 atom stereocenters. The summed E-state index contributed by atoms with van der Waals surface area (Å²) in [5.41, 5.74) is 0. The number of carboxylic acids is 1. The van der Waals surface area contributed by atoms with E-state index in [4.69, 9.17) is 10.2 Å².